The monoisotopic (exact) mass is 320 g/mol. The molecular formula is C11H13IOS. The number of hydrogen-bond acceptors (Lipinski definition) is 2. The molecule has 0 amide bonds. The second kappa shape index (κ2) is 3.68. The van der Waals surface area contributed by atoms with Crippen molar-refractivity contribution >= 4 is 35.2 Å². The van der Waals surface area contributed by atoms with Crippen molar-refractivity contribution in [2.24, 2.45) is 0 Å². The highest BCUT2D eigenvalue weighted by Crippen LogP contribution is 2.40. The maximum absolute atomic E-state index is 9.77. The van der Waals surface area contributed by atoms with Crippen molar-refractivity contribution in [3.63, 3.8) is 0 Å². The van der Waals surface area contributed by atoms with E-state index in [1.165, 1.54) is 9.15 Å². The molecule has 0 aromatic heterocycles. The lowest BCUT2D eigenvalue weighted by Crippen LogP contribution is -2.08. The molecule has 0 fully saturated rings. The third kappa shape index (κ3) is 1.95. The lowest BCUT2D eigenvalue weighted by Gasteiger charge is -2.13. The molecule has 0 heterocycles. The van der Waals surface area contributed by atoms with Gasteiger partial charge in [-0.15, -0.1) is 0 Å². The molecule has 0 aliphatic heterocycles. The van der Waals surface area contributed by atoms with Crippen molar-refractivity contribution in [3.05, 3.63) is 33.0 Å². The summed E-state index contributed by atoms with van der Waals surface area (Å²) >= 11 is 6.88. The van der Waals surface area contributed by atoms with Gasteiger partial charge in [-0.05, 0) is 53.5 Å². The van der Waals surface area contributed by atoms with Crippen LogP contribution >= 0.6 is 35.2 Å². The number of hydrogen-bond donors (Lipinski definition) is 2. The van der Waals surface area contributed by atoms with Gasteiger partial charge in [0.15, 0.2) is 0 Å². The van der Waals surface area contributed by atoms with Gasteiger partial charge in [0.2, 0.25) is 0 Å². The number of halogens is 1. The highest BCUT2D eigenvalue weighted by atomic mass is 127. The van der Waals surface area contributed by atoms with E-state index >= 15 is 0 Å². The average Bonchev–Trinajstić information content (AvgIpc) is 2.37. The van der Waals surface area contributed by atoms with E-state index in [4.69, 9.17) is 0 Å². The molecule has 2 aliphatic carbocycles. The van der Waals surface area contributed by atoms with Gasteiger partial charge < -0.3 is 5.11 Å². The number of aliphatic hydroxyl groups excluding tert-OH is 1. The zero-order chi connectivity index (χ0) is 10.3. The van der Waals surface area contributed by atoms with Gasteiger partial charge in [0.25, 0.3) is 0 Å². The van der Waals surface area contributed by atoms with Gasteiger partial charge in [0.1, 0.15) is 0 Å². The molecule has 3 heteroatoms. The summed E-state index contributed by atoms with van der Waals surface area (Å²) < 4.78 is 1.04. The highest BCUT2D eigenvalue weighted by Gasteiger charge is 2.27. The fourth-order valence-electron chi connectivity index (χ4n) is 1.90. The van der Waals surface area contributed by atoms with Crippen molar-refractivity contribution in [2.45, 2.75) is 30.6 Å². The van der Waals surface area contributed by atoms with Crippen LogP contribution in [0.15, 0.2) is 33.0 Å². The minimum Gasteiger partial charge on any atom is -0.388 e. The number of allylic oxidation sites excluding steroid dienone is 2. The van der Waals surface area contributed by atoms with Crippen molar-refractivity contribution < 1.29 is 5.11 Å². The van der Waals surface area contributed by atoms with Crippen LogP contribution in [0.1, 0.15) is 19.8 Å². The molecule has 1 unspecified atom stereocenters. The molecule has 2 rings (SSSR count). The molecule has 2 atom stereocenters. The van der Waals surface area contributed by atoms with Crippen LogP contribution in [-0.4, -0.2) is 16.0 Å². The van der Waals surface area contributed by atoms with Gasteiger partial charge >= 0.3 is 0 Å². The summed E-state index contributed by atoms with van der Waals surface area (Å²) in [5.41, 5.74) is 2.38. The summed E-state index contributed by atoms with van der Waals surface area (Å²) in [7, 11) is 0. The predicted octanol–water partition coefficient (Wildman–Crippen LogP) is 3.01. The molecule has 0 aromatic rings. The van der Waals surface area contributed by atoms with Crippen molar-refractivity contribution in [1.29, 1.82) is 0 Å². The Balaban J connectivity index is 2.46. The Bertz CT molecular complexity index is 352. The average molecular weight is 320 g/mol. The van der Waals surface area contributed by atoms with Crippen LogP contribution in [0.3, 0.4) is 0 Å². The molecule has 14 heavy (non-hydrogen) atoms. The standard InChI is InChI=1S/C11H13IOS/c1-11(14)5-4-8-7(9(12)6-11)2-3-10(8)13/h4-6,10,13-14H,2-3H2,1H3/t10-,11?/m0/s1. The van der Waals surface area contributed by atoms with Gasteiger partial charge in [-0.25, -0.2) is 0 Å². The number of aliphatic hydroxyl groups is 1. The van der Waals surface area contributed by atoms with E-state index in [9.17, 15) is 5.11 Å². The SMILES string of the molecule is CC1(S)C=CC2=C(CC[C@@H]2O)C(I)=C1. The first-order chi connectivity index (χ1) is 6.49. The van der Waals surface area contributed by atoms with Gasteiger partial charge in [-0.1, -0.05) is 18.2 Å². The maximum Gasteiger partial charge on any atom is 0.0796 e. The number of rotatable bonds is 0. The predicted molar refractivity (Wildman–Crippen MR) is 70.9 cm³/mol. The largest absolute Gasteiger partial charge is 0.388 e. The summed E-state index contributed by atoms with van der Waals surface area (Å²) in [5.74, 6) is 0. The molecule has 0 spiro atoms. The van der Waals surface area contributed by atoms with Gasteiger partial charge in [0, 0.05) is 8.33 Å². The van der Waals surface area contributed by atoms with Gasteiger partial charge in [-0.3, -0.25) is 0 Å². The molecular weight excluding hydrogens is 307 g/mol. The first-order valence-electron chi connectivity index (χ1n) is 4.71. The lowest BCUT2D eigenvalue weighted by molar-refractivity contribution is 0.215. The second-order valence-electron chi connectivity index (χ2n) is 4.04. The van der Waals surface area contributed by atoms with Crippen LogP contribution in [0.4, 0.5) is 0 Å². The Morgan fingerprint density at radius 1 is 1.64 bits per heavy atom. The maximum atomic E-state index is 9.77. The van der Waals surface area contributed by atoms with E-state index in [1.807, 2.05) is 12.2 Å². The second-order valence-corrected chi connectivity index (χ2v) is 6.17. The van der Waals surface area contributed by atoms with E-state index in [2.05, 4.69) is 48.2 Å². The molecule has 1 N–H and O–H groups in total. The number of thiol groups is 1. The topological polar surface area (TPSA) is 20.2 Å². The van der Waals surface area contributed by atoms with Crippen LogP contribution in [0, 0.1) is 0 Å². The third-order valence-corrected chi connectivity index (χ3v) is 3.92. The summed E-state index contributed by atoms with van der Waals surface area (Å²) in [5, 5.41) is 9.77. The normalized spacial score (nSPS) is 36.9. The van der Waals surface area contributed by atoms with E-state index in [0.717, 1.165) is 18.4 Å². The lowest BCUT2D eigenvalue weighted by atomic mass is 10.1. The summed E-state index contributed by atoms with van der Waals surface area (Å²) in [4.78, 5) is 0. The molecule has 0 bridgehead atoms. The van der Waals surface area contributed by atoms with Crippen molar-refractivity contribution in [2.75, 3.05) is 0 Å². The third-order valence-electron chi connectivity index (χ3n) is 2.68. The molecule has 76 valence electrons. The van der Waals surface area contributed by atoms with Crippen molar-refractivity contribution in [1.82, 2.24) is 0 Å². The summed E-state index contributed by atoms with van der Waals surface area (Å²) in [6.07, 6.45) is 7.79. The molecule has 1 nitrogen and oxygen atoms in total. The van der Waals surface area contributed by atoms with E-state index in [1.54, 1.807) is 0 Å². The van der Waals surface area contributed by atoms with Gasteiger partial charge in [0.05, 0.1) is 6.10 Å². The minimum atomic E-state index is -0.276. The summed E-state index contributed by atoms with van der Waals surface area (Å²) in [6, 6.07) is 0. The fraction of sp³-hybridized carbons (Fsp3) is 0.455. The van der Waals surface area contributed by atoms with Crippen LogP contribution < -0.4 is 0 Å². The zero-order valence-corrected chi connectivity index (χ0v) is 11.0. The Kier molecular flexibility index (Phi) is 2.83. The minimum absolute atomic E-state index is 0.194. The van der Waals surface area contributed by atoms with Crippen LogP contribution in [0.5, 0.6) is 0 Å². The molecule has 0 saturated carbocycles. The molecule has 0 radical (unpaired) electrons. The molecule has 0 aromatic carbocycles. The highest BCUT2D eigenvalue weighted by molar-refractivity contribution is 14.1. The Labute approximate surface area is 104 Å². The first kappa shape index (κ1) is 10.8. The zero-order valence-electron chi connectivity index (χ0n) is 8.00. The van der Waals surface area contributed by atoms with Crippen LogP contribution in [-0.2, 0) is 0 Å². The Morgan fingerprint density at radius 3 is 3.07 bits per heavy atom. The van der Waals surface area contributed by atoms with Crippen LogP contribution in [0.25, 0.3) is 0 Å². The van der Waals surface area contributed by atoms with E-state index in [0.29, 0.717) is 0 Å². The van der Waals surface area contributed by atoms with Crippen molar-refractivity contribution in [3.8, 4) is 0 Å². The summed E-state index contributed by atoms with van der Waals surface area (Å²) in [6.45, 7) is 2.06. The first-order valence-corrected chi connectivity index (χ1v) is 6.24. The fourth-order valence-corrected chi connectivity index (χ4v) is 3.58. The Morgan fingerprint density at radius 2 is 2.36 bits per heavy atom. The smallest absolute Gasteiger partial charge is 0.0796 e. The van der Waals surface area contributed by atoms with E-state index in [-0.39, 0.29) is 10.9 Å². The molecule has 2 aliphatic rings. The van der Waals surface area contributed by atoms with Crippen LogP contribution in [0.2, 0.25) is 0 Å². The van der Waals surface area contributed by atoms with Gasteiger partial charge in [-0.2, -0.15) is 12.6 Å². The Hall–Kier alpha value is 0.260. The quantitative estimate of drug-likeness (QED) is 0.519. The van der Waals surface area contributed by atoms with E-state index < -0.39 is 0 Å². The molecule has 0 saturated heterocycles.